The van der Waals surface area contributed by atoms with E-state index in [0.717, 1.165) is 22.0 Å². The van der Waals surface area contributed by atoms with Crippen molar-refractivity contribution in [2.24, 2.45) is 0 Å². The molecule has 164 valence electrons. The summed E-state index contributed by atoms with van der Waals surface area (Å²) in [6, 6.07) is 25.2. The van der Waals surface area contributed by atoms with Crippen LogP contribution in [0.1, 0.15) is 17.0 Å². The molecule has 0 amide bonds. The first-order valence-electron chi connectivity index (χ1n) is 10.5. The number of benzene rings is 3. The Labute approximate surface area is 189 Å². The monoisotopic (exact) mass is 439 g/mol. The Morgan fingerprint density at radius 2 is 1.76 bits per heavy atom. The van der Waals surface area contributed by atoms with Gasteiger partial charge in [0.25, 0.3) is 5.89 Å². The summed E-state index contributed by atoms with van der Waals surface area (Å²) in [7, 11) is 0. The van der Waals surface area contributed by atoms with Crippen molar-refractivity contribution in [2.45, 2.75) is 19.6 Å². The smallest absolute Gasteiger partial charge is 0.307 e. The lowest BCUT2D eigenvalue weighted by molar-refractivity contribution is -0.136. The predicted octanol–water partition coefficient (Wildman–Crippen LogP) is 4.95. The molecule has 7 heteroatoms. The molecule has 33 heavy (non-hydrogen) atoms. The molecule has 7 nitrogen and oxygen atoms in total. The Morgan fingerprint density at radius 3 is 2.52 bits per heavy atom. The second-order valence-electron chi connectivity index (χ2n) is 7.69. The van der Waals surface area contributed by atoms with Gasteiger partial charge < -0.3 is 18.9 Å². The predicted molar refractivity (Wildman–Crippen MR) is 123 cm³/mol. The van der Waals surface area contributed by atoms with Gasteiger partial charge in [-0.25, -0.2) is 0 Å². The van der Waals surface area contributed by atoms with Crippen molar-refractivity contribution < 1.29 is 19.2 Å². The molecule has 0 aliphatic carbocycles. The van der Waals surface area contributed by atoms with Crippen molar-refractivity contribution >= 4 is 16.9 Å². The average Bonchev–Trinajstić information content (AvgIpc) is 3.44. The van der Waals surface area contributed by atoms with Gasteiger partial charge in [0.15, 0.2) is 5.82 Å². The SMILES string of the molecule is O=C(O)Cc1cn(Cc2noc(-c3ccccc3)n2)c2ccc(OCc3ccccc3)cc12. The Morgan fingerprint density at radius 1 is 1.00 bits per heavy atom. The van der Waals surface area contributed by atoms with E-state index in [2.05, 4.69) is 10.1 Å². The van der Waals surface area contributed by atoms with Crippen molar-refractivity contribution in [3.63, 3.8) is 0 Å². The third kappa shape index (κ3) is 4.62. The topological polar surface area (TPSA) is 90.4 Å². The second-order valence-corrected chi connectivity index (χ2v) is 7.69. The summed E-state index contributed by atoms with van der Waals surface area (Å²) in [6.45, 7) is 0.795. The van der Waals surface area contributed by atoms with E-state index in [0.29, 0.717) is 36.2 Å². The van der Waals surface area contributed by atoms with Crippen LogP contribution in [-0.2, 0) is 24.4 Å². The Hall–Kier alpha value is -4.39. The highest BCUT2D eigenvalue weighted by Crippen LogP contribution is 2.28. The zero-order valence-electron chi connectivity index (χ0n) is 17.7. The normalized spacial score (nSPS) is 11.0. The summed E-state index contributed by atoms with van der Waals surface area (Å²) in [4.78, 5) is 15.9. The number of aromatic nitrogens is 3. The minimum atomic E-state index is -0.893. The Kier molecular flexibility index (Phi) is 5.59. The maximum absolute atomic E-state index is 11.5. The van der Waals surface area contributed by atoms with E-state index in [1.165, 1.54) is 0 Å². The molecular weight excluding hydrogens is 418 g/mol. The van der Waals surface area contributed by atoms with Crippen LogP contribution in [0.25, 0.3) is 22.4 Å². The van der Waals surface area contributed by atoms with Crippen LogP contribution in [0.15, 0.2) is 89.6 Å². The number of hydrogen-bond acceptors (Lipinski definition) is 5. The summed E-state index contributed by atoms with van der Waals surface area (Å²) in [5.74, 6) is 0.749. The number of nitrogens with zero attached hydrogens (tertiary/aromatic N) is 3. The van der Waals surface area contributed by atoms with Crippen LogP contribution >= 0.6 is 0 Å². The minimum Gasteiger partial charge on any atom is -0.489 e. The van der Waals surface area contributed by atoms with Gasteiger partial charge in [0.05, 0.1) is 13.0 Å². The van der Waals surface area contributed by atoms with Gasteiger partial charge >= 0.3 is 5.97 Å². The number of rotatable bonds is 8. The second kappa shape index (κ2) is 9.00. The molecular formula is C26H21N3O4. The number of fused-ring (bicyclic) bond motifs is 1. The molecule has 0 fully saturated rings. The lowest BCUT2D eigenvalue weighted by Crippen LogP contribution is -2.01. The van der Waals surface area contributed by atoms with E-state index in [9.17, 15) is 9.90 Å². The summed E-state index contributed by atoms with van der Waals surface area (Å²) >= 11 is 0. The number of carboxylic acids is 1. The lowest BCUT2D eigenvalue weighted by atomic mass is 10.1. The van der Waals surface area contributed by atoms with E-state index < -0.39 is 5.97 Å². The van der Waals surface area contributed by atoms with Gasteiger partial charge in [-0.1, -0.05) is 53.7 Å². The number of hydrogen-bond donors (Lipinski definition) is 1. The van der Waals surface area contributed by atoms with Crippen LogP contribution in [0.3, 0.4) is 0 Å². The number of carbonyl (C=O) groups is 1. The summed E-state index contributed by atoms with van der Waals surface area (Å²) < 4.78 is 13.3. The van der Waals surface area contributed by atoms with Crippen LogP contribution in [0.4, 0.5) is 0 Å². The van der Waals surface area contributed by atoms with Crippen molar-refractivity contribution in [2.75, 3.05) is 0 Å². The third-order valence-corrected chi connectivity index (χ3v) is 5.33. The molecule has 5 rings (SSSR count). The summed E-state index contributed by atoms with van der Waals surface area (Å²) in [6.07, 6.45) is 1.74. The van der Waals surface area contributed by atoms with Crippen molar-refractivity contribution in [3.05, 3.63) is 102 Å². The molecule has 0 atom stereocenters. The molecule has 3 aromatic carbocycles. The highest BCUT2D eigenvalue weighted by Gasteiger charge is 2.15. The summed E-state index contributed by atoms with van der Waals surface area (Å²) in [5, 5.41) is 14.3. The molecule has 0 bridgehead atoms. The van der Waals surface area contributed by atoms with Gasteiger partial charge in [-0.3, -0.25) is 4.79 Å². The lowest BCUT2D eigenvalue weighted by Gasteiger charge is -2.08. The molecule has 0 aliphatic rings. The van der Waals surface area contributed by atoms with E-state index in [1.54, 1.807) is 0 Å². The van der Waals surface area contributed by atoms with E-state index in [1.807, 2.05) is 89.6 Å². The highest BCUT2D eigenvalue weighted by atomic mass is 16.5. The largest absolute Gasteiger partial charge is 0.489 e. The van der Waals surface area contributed by atoms with Crippen LogP contribution in [0.5, 0.6) is 5.75 Å². The molecule has 0 aliphatic heterocycles. The molecule has 0 radical (unpaired) electrons. The van der Waals surface area contributed by atoms with Crippen molar-refractivity contribution in [1.29, 1.82) is 0 Å². The molecule has 0 spiro atoms. The molecule has 0 saturated heterocycles. The minimum absolute atomic E-state index is 0.0901. The van der Waals surface area contributed by atoms with E-state index in [4.69, 9.17) is 9.26 Å². The van der Waals surface area contributed by atoms with Gasteiger partial charge in [0.2, 0.25) is 0 Å². The van der Waals surface area contributed by atoms with E-state index >= 15 is 0 Å². The number of carboxylic acid groups (broad SMARTS) is 1. The van der Waals surface area contributed by atoms with Gasteiger partial charge in [-0.15, -0.1) is 0 Å². The van der Waals surface area contributed by atoms with Gasteiger partial charge in [-0.2, -0.15) is 4.98 Å². The summed E-state index contributed by atoms with van der Waals surface area (Å²) in [5.41, 5.74) is 3.49. The first-order chi connectivity index (χ1) is 16.2. The number of aliphatic carboxylic acids is 1. The fourth-order valence-electron chi connectivity index (χ4n) is 3.78. The van der Waals surface area contributed by atoms with E-state index in [-0.39, 0.29) is 6.42 Å². The standard InChI is InChI=1S/C26H21N3O4/c30-25(31)13-20-15-29(16-24-27-26(33-28-24)19-9-5-2-6-10-19)23-12-11-21(14-22(20)23)32-17-18-7-3-1-4-8-18/h1-12,14-15H,13,16-17H2,(H,30,31). The van der Waals surface area contributed by atoms with Crippen molar-refractivity contribution in [3.8, 4) is 17.2 Å². The molecule has 0 unspecified atom stereocenters. The van der Waals surface area contributed by atoms with Crippen molar-refractivity contribution in [1.82, 2.24) is 14.7 Å². The first-order valence-corrected chi connectivity index (χ1v) is 10.5. The average molecular weight is 439 g/mol. The number of ether oxygens (including phenoxy) is 1. The molecule has 5 aromatic rings. The van der Waals surface area contributed by atoms with Crippen LogP contribution in [0.2, 0.25) is 0 Å². The van der Waals surface area contributed by atoms with Crippen LogP contribution < -0.4 is 4.74 Å². The molecule has 2 aromatic heterocycles. The zero-order chi connectivity index (χ0) is 22.6. The maximum Gasteiger partial charge on any atom is 0.307 e. The van der Waals surface area contributed by atoms with Gasteiger partial charge in [0.1, 0.15) is 12.4 Å². The molecule has 2 heterocycles. The Balaban J connectivity index is 1.42. The highest BCUT2D eigenvalue weighted by molar-refractivity contribution is 5.88. The fraction of sp³-hybridized carbons (Fsp3) is 0.115. The quantitative estimate of drug-likeness (QED) is 0.368. The maximum atomic E-state index is 11.5. The fourth-order valence-corrected chi connectivity index (χ4v) is 3.78. The molecule has 1 N–H and O–H groups in total. The zero-order valence-corrected chi connectivity index (χ0v) is 17.7. The Bertz CT molecular complexity index is 1390. The first kappa shape index (κ1) is 20.5. The molecule has 0 saturated carbocycles. The van der Waals surface area contributed by atoms with Gasteiger partial charge in [0, 0.05) is 22.7 Å². The third-order valence-electron chi connectivity index (χ3n) is 5.33. The van der Waals surface area contributed by atoms with Crippen LogP contribution in [-0.4, -0.2) is 25.8 Å². The van der Waals surface area contributed by atoms with Crippen LogP contribution in [0, 0.1) is 0 Å². The van der Waals surface area contributed by atoms with Gasteiger partial charge in [-0.05, 0) is 41.5 Å².